The molecule has 2 saturated heterocycles. The van der Waals surface area contributed by atoms with Gasteiger partial charge in [0.1, 0.15) is 11.0 Å². The van der Waals surface area contributed by atoms with Crippen LogP contribution in [0.3, 0.4) is 0 Å². The minimum Gasteiger partial charge on any atom is -0.495 e. The summed E-state index contributed by atoms with van der Waals surface area (Å²) in [7, 11) is 1.67. The van der Waals surface area contributed by atoms with E-state index in [-0.39, 0.29) is 5.91 Å². The second-order valence-corrected chi connectivity index (χ2v) is 9.76. The first-order chi connectivity index (χ1) is 17.3. The first-order valence-electron chi connectivity index (χ1n) is 12.2. The number of carbonyl (C=O) groups is 1. The third-order valence-corrected chi connectivity index (χ3v) is 7.64. The summed E-state index contributed by atoms with van der Waals surface area (Å²) >= 11 is 1.44. The lowest BCUT2D eigenvalue weighted by Crippen LogP contribution is -2.42. The molecule has 2 fully saturated rings. The van der Waals surface area contributed by atoms with Crippen LogP contribution in [0.15, 0.2) is 59.8 Å². The second kappa shape index (κ2) is 11.1. The number of benzene rings is 2. The van der Waals surface area contributed by atoms with Gasteiger partial charge in [-0.2, -0.15) is 0 Å². The number of thioether (sulfide) groups is 1. The van der Waals surface area contributed by atoms with Crippen molar-refractivity contribution in [2.45, 2.75) is 29.7 Å². The minimum absolute atomic E-state index is 0.0681. The van der Waals surface area contributed by atoms with Crippen LogP contribution in [-0.4, -0.2) is 72.1 Å². The molecule has 1 unspecified atom stereocenters. The molecule has 2 aromatic carbocycles. The van der Waals surface area contributed by atoms with E-state index in [1.807, 2.05) is 59.5 Å². The molecule has 0 bridgehead atoms. The quantitative estimate of drug-likeness (QED) is 0.461. The molecule has 0 saturated carbocycles. The summed E-state index contributed by atoms with van der Waals surface area (Å²) in [6, 6.07) is 17.8. The number of nitrogens with zero attached hydrogens (tertiary/aromatic N) is 5. The lowest BCUT2D eigenvalue weighted by atomic mass is 10.1. The van der Waals surface area contributed by atoms with E-state index in [2.05, 4.69) is 19.7 Å². The number of amides is 1. The number of rotatable bonds is 7. The number of carbonyl (C=O) groups excluding carboxylic acids is 1. The van der Waals surface area contributed by atoms with Gasteiger partial charge in [-0.05, 0) is 37.0 Å². The van der Waals surface area contributed by atoms with Crippen molar-refractivity contribution >= 4 is 23.6 Å². The van der Waals surface area contributed by atoms with E-state index >= 15 is 0 Å². The highest BCUT2D eigenvalue weighted by molar-refractivity contribution is 8.00. The van der Waals surface area contributed by atoms with Crippen LogP contribution in [0.5, 0.6) is 5.75 Å². The Morgan fingerprint density at radius 1 is 0.943 bits per heavy atom. The van der Waals surface area contributed by atoms with Gasteiger partial charge in [0, 0.05) is 26.2 Å². The molecule has 0 N–H and O–H groups in total. The summed E-state index contributed by atoms with van der Waals surface area (Å²) in [5, 5.41) is 9.48. The maximum absolute atomic E-state index is 13.7. The number of morpholine rings is 1. The van der Waals surface area contributed by atoms with Crippen molar-refractivity contribution in [2.75, 3.05) is 51.4 Å². The highest BCUT2D eigenvalue weighted by Gasteiger charge is 2.32. The Balaban J connectivity index is 1.56. The number of ether oxygens (including phenoxy) is 2. The maximum Gasteiger partial charge on any atom is 0.240 e. The number of para-hydroxylation sites is 2. The molecule has 2 aliphatic rings. The zero-order valence-corrected chi connectivity index (χ0v) is 20.8. The number of hydrogen-bond donors (Lipinski definition) is 0. The zero-order valence-electron chi connectivity index (χ0n) is 20.0. The lowest BCUT2D eigenvalue weighted by Gasteiger charge is -2.30. The summed E-state index contributed by atoms with van der Waals surface area (Å²) < 4.78 is 13.2. The van der Waals surface area contributed by atoms with Crippen LogP contribution in [0.2, 0.25) is 0 Å². The van der Waals surface area contributed by atoms with Crippen LogP contribution < -0.4 is 9.64 Å². The molecule has 35 heavy (non-hydrogen) atoms. The monoisotopic (exact) mass is 493 g/mol. The summed E-state index contributed by atoms with van der Waals surface area (Å²) in [4.78, 5) is 17.9. The van der Waals surface area contributed by atoms with Crippen molar-refractivity contribution in [2.24, 2.45) is 0 Å². The van der Waals surface area contributed by atoms with E-state index in [0.29, 0.717) is 31.5 Å². The van der Waals surface area contributed by atoms with E-state index in [1.165, 1.54) is 18.2 Å². The normalized spacial score (nSPS) is 17.3. The molecular formula is C26H31N5O3S. The molecule has 3 aromatic rings. The highest BCUT2D eigenvalue weighted by Crippen LogP contribution is 2.40. The molecule has 0 radical (unpaired) electrons. The molecule has 5 rings (SSSR count). The van der Waals surface area contributed by atoms with E-state index in [1.54, 1.807) is 7.11 Å². The van der Waals surface area contributed by atoms with Crippen LogP contribution in [-0.2, 0) is 9.53 Å². The first-order valence-corrected chi connectivity index (χ1v) is 13.1. The molecule has 8 nitrogen and oxygen atoms in total. The van der Waals surface area contributed by atoms with Gasteiger partial charge < -0.3 is 19.3 Å². The van der Waals surface area contributed by atoms with Crippen LogP contribution in [0.1, 0.15) is 30.1 Å². The fraction of sp³-hybridized carbons (Fsp3) is 0.423. The molecule has 3 heterocycles. The minimum atomic E-state index is -0.443. The molecule has 2 aliphatic heterocycles. The van der Waals surface area contributed by atoms with Crippen LogP contribution >= 0.6 is 11.8 Å². The number of methoxy groups -OCH3 is 1. The van der Waals surface area contributed by atoms with Gasteiger partial charge in [0.15, 0.2) is 5.16 Å². The van der Waals surface area contributed by atoms with E-state index < -0.39 is 5.25 Å². The van der Waals surface area contributed by atoms with Gasteiger partial charge in [0.05, 0.1) is 26.0 Å². The Morgan fingerprint density at radius 2 is 1.66 bits per heavy atom. The third-order valence-electron chi connectivity index (χ3n) is 6.45. The van der Waals surface area contributed by atoms with Crippen molar-refractivity contribution in [3.63, 3.8) is 0 Å². The van der Waals surface area contributed by atoms with Crippen molar-refractivity contribution in [1.82, 2.24) is 19.7 Å². The molecule has 1 atom stereocenters. The number of anilines is 1. The predicted octanol–water partition coefficient (Wildman–Crippen LogP) is 3.96. The molecule has 1 amide bonds. The Kier molecular flexibility index (Phi) is 7.54. The SMILES string of the molecule is COc1ccccc1-n1c(SC(C(=O)N2CCOCC2)c2ccccc2)nnc1N1CCCCC1. The number of hydrogen-bond acceptors (Lipinski definition) is 7. The maximum atomic E-state index is 13.7. The highest BCUT2D eigenvalue weighted by atomic mass is 32.2. The number of piperidine rings is 1. The Bertz CT molecular complexity index is 1130. The lowest BCUT2D eigenvalue weighted by molar-refractivity contribution is -0.134. The van der Waals surface area contributed by atoms with E-state index in [0.717, 1.165) is 48.9 Å². The van der Waals surface area contributed by atoms with Crippen LogP contribution in [0.25, 0.3) is 5.69 Å². The zero-order chi connectivity index (χ0) is 24.0. The van der Waals surface area contributed by atoms with Crippen LogP contribution in [0, 0.1) is 0 Å². The fourth-order valence-electron chi connectivity index (χ4n) is 4.61. The van der Waals surface area contributed by atoms with Gasteiger partial charge >= 0.3 is 0 Å². The van der Waals surface area contributed by atoms with Crippen molar-refractivity contribution in [3.8, 4) is 11.4 Å². The summed E-state index contributed by atoms with van der Waals surface area (Å²) in [6.07, 6.45) is 3.48. The Hall–Kier alpha value is -3.04. The second-order valence-electron chi connectivity index (χ2n) is 8.68. The third kappa shape index (κ3) is 5.16. The van der Waals surface area contributed by atoms with Crippen molar-refractivity contribution < 1.29 is 14.3 Å². The summed E-state index contributed by atoms with van der Waals surface area (Å²) in [6.45, 7) is 4.20. The average Bonchev–Trinajstić information content (AvgIpc) is 3.36. The number of aromatic nitrogens is 3. The smallest absolute Gasteiger partial charge is 0.240 e. The fourth-order valence-corrected chi connectivity index (χ4v) is 5.73. The molecule has 0 spiro atoms. The van der Waals surface area contributed by atoms with Gasteiger partial charge in [-0.15, -0.1) is 10.2 Å². The topological polar surface area (TPSA) is 72.7 Å². The van der Waals surface area contributed by atoms with Gasteiger partial charge in [-0.25, -0.2) is 0 Å². The molecule has 1 aromatic heterocycles. The van der Waals surface area contributed by atoms with E-state index in [9.17, 15) is 4.79 Å². The van der Waals surface area contributed by atoms with Crippen molar-refractivity contribution in [3.05, 3.63) is 60.2 Å². The van der Waals surface area contributed by atoms with Crippen molar-refractivity contribution in [1.29, 1.82) is 0 Å². The molecule has 9 heteroatoms. The van der Waals surface area contributed by atoms with Gasteiger partial charge in [0.25, 0.3) is 0 Å². The van der Waals surface area contributed by atoms with Crippen LogP contribution in [0.4, 0.5) is 5.95 Å². The van der Waals surface area contributed by atoms with Gasteiger partial charge in [-0.1, -0.05) is 54.2 Å². The van der Waals surface area contributed by atoms with Gasteiger partial charge in [0.2, 0.25) is 11.9 Å². The molecule has 0 aliphatic carbocycles. The predicted molar refractivity (Wildman–Crippen MR) is 136 cm³/mol. The Labute approximate surface area is 210 Å². The Morgan fingerprint density at radius 3 is 2.40 bits per heavy atom. The van der Waals surface area contributed by atoms with E-state index in [4.69, 9.17) is 9.47 Å². The van der Waals surface area contributed by atoms with Gasteiger partial charge in [-0.3, -0.25) is 9.36 Å². The average molecular weight is 494 g/mol. The summed E-state index contributed by atoms with van der Waals surface area (Å²) in [5.41, 5.74) is 1.82. The molecule has 184 valence electrons. The largest absolute Gasteiger partial charge is 0.495 e. The summed E-state index contributed by atoms with van der Waals surface area (Å²) in [5.74, 6) is 1.60. The standard InChI is InChI=1S/C26H31N5O3S/c1-33-22-13-7-6-12-21(22)31-25(30-14-8-3-9-15-30)27-28-26(31)35-23(20-10-4-2-5-11-20)24(32)29-16-18-34-19-17-29/h2,4-7,10-13,23H,3,8-9,14-19H2,1H3. The molecular weight excluding hydrogens is 462 g/mol. The first kappa shape index (κ1) is 23.7.